The molecule has 0 amide bonds. The molecule has 1 aromatic carbocycles. The zero-order chi connectivity index (χ0) is 9.26. The van der Waals surface area contributed by atoms with Crippen LogP contribution >= 0.6 is 34.2 Å². The van der Waals surface area contributed by atoms with Gasteiger partial charge in [-0.25, -0.2) is 4.98 Å². The van der Waals surface area contributed by atoms with Gasteiger partial charge in [-0.2, -0.15) is 0 Å². The third-order valence-electron chi connectivity index (χ3n) is 1.68. The fourth-order valence-corrected chi connectivity index (χ4v) is 2.04. The average Bonchev–Trinajstić information content (AvgIpc) is 2.56. The van der Waals surface area contributed by atoms with E-state index in [1.54, 1.807) is 12.4 Å². The third-order valence-corrected chi connectivity index (χ3v) is 2.67. The van der Waals surface area contributed by atoms with Crippen LogP contribution < -0.4 is 0 Å². The molecule has 0 radical (unpaired) electrons. The molecular weight excluding hydrogens is 298 g/mol. The van der Waals surface area contributed by atoms with Crippen molar-refractivity contribution in [2.45, 2.75) is 0 Å². The molecule has 1 heterocycles. The topological polar surface area (TPSA) is 28.7 Å². The van der Waals surface area contributed by atoms with Crippen LogP contribution in [0, 0.1) is 3.57 Å². The number of H-pyrrole nitrogens is 1. The van der Waals surface area contributed by atoms with Crippen molar-refractivity contribution < 1.29 is 0 Å². The summed E-state index contributed by atoms with van der Waals surface area (Å²) in [5, 5.41) is 0.724. The van der Waals surface area contributed by atoms with E-state index >= 15 is 0 Å². The van der Waals surface area contributed by atoms with Gasteiger partial charge in [0.05, 0.1) is 5.02 Å². The highest BCUT2D eigenvalue weighted by Crippen LogP contribution is 2.26. The van der Waals surface area contributed by atoms with Gasteiger partial charge in [0, 0.05) is 21.5 Å². The Labute approximate surface area is 94.5 Å². The van der Waals surface area contributed by atoms with Crippen LogP contribution in [0.15, 0.2) is 30.6 Å². The van der Waals surface area contributed by atoms with Gasteiger partial charge < -0.3 is 4.98 Å². The van der Waals surface area contributed by atoms with Gasteiger partial charge in [-0.15, -0.1) is 0 Å². The number of nitrogens with zero attached hydrogens (tertiary/aromatic N) is 1. The zero-order valence-corrected chi connectivity index (χ0v) is 9.50. The van der Waals surface area contributed by atoms with Crippen molar-refractivity contribution in [2.75, 3.05) is 0 Å². The molecule has 2 nitrogen and oxygen atoms in total. The molecule has 1 aromatic heterocycles. The standard InChI is InChI=1S/C9H6ClIN2/c10-8-5-6(11)1-2-7(8)9-12-3-4-13-9/h1-5H,(H,12,13). The summed E-state index contributed by atoms with van der Waals surface area (Å²) in [6, 6.07) is 5.88. The fourth-order valence-electron chi connectivity index (χ4n) is 1.09. The molecule has 0 unspecified atom stereocenters. The molecule has 0 saturated carbocycles. The molecule has 0 aliphatic rings. The van der Waals surface area contributed by atoms with Crippen LogP contribution in [0.4, 0.5) is 0 Å². The lowest BCUT2D eigenvalue weighted by Gasteiger charge is -2.00. The summed E-state index contributed by atoms with van der Waals surface area (Å²) in [6.07, 6.45) is 3.49. The van der Waals surface area contributed by atoms with Crippen LogP contribution in [0.5, 0.6) is 0 Å². The predicted molar refractivity (Wildman–Crippen MR) is 61.8 cm³/mol. The number of hydrogen-bond donors (Lipinski definition) is 1. The molecule has 2 aromatic rings. The SMILES string of the molecule is Clc1cc(I)ccc1-c1ncc[nH]1. The van der Waals surface area contributed by atoms with Gasteiger partial charge in [-0.05, 0) is 40.8 Å². The summed E-state index contributed by atoms with van der Waals surface area (Å²) in [7, 11) is 0. The van der Waals surface area contributed by atoms with Crippen LogP contribution in [0.1, 0.15) is 0 Å². The minimum atomic E-state index is 0.724. The van der Waals surface area contributed by atoms with Crippen LogP contribution in [0.3, 0.4) is 0 Å². The molecule has 13 heavy (non-hydrogen) atoms. The summed E-state index contributed by atoms with van der Waals surface area (Å²) in [5.74, 6) is 0.807. The van der Waals surface area contributed by atoms with E-state index in [4.69, 9.17) is 11.6 Å². The van der Waals surface area contributed by atoms with E-state index in [-0.39, 0.29) is 0 Å². The van der Waals surface area contributed by atoms with Gasteiger partial charge in [0.2, 0.25) is 0 Å². The predicted octanol–water partition coefficient (Wildman–Crippen LogP) is 3.33. The molecule has 0 spiro atoms. The Hall–Kier alpha value is -0.550. The molecule has 0 aliphatic carbocycles. The average molecular weight is 305 g/mol. The third kappa shape index (κ3) is 1.86. The number of aromatic amines is 1. The first-order chi connectivity index (χ1) is 6.27. The molecule has 0 atom stereocenters. The monoisotopic (exact) mass is 304 g/mol. The Balaban J connectivity index is 2.53. The lowest BCUT2D eigenvalue weighted by molar-refractivity contribution is 1.31. The van der Waals surface area contributed by atoms with E-state index in [0.29, 0.717) is 0 Å². The molecule has 0 bridgehead atoms. The molecular formula is C9H6ClIN2. The Bertz CT molecular complexity index is 412. The van der Waals surface area contributed by atoms with Crippen LogP contribution in [0.25, 0.3) is 11.4 Å². The van der Waals surface area contributed by atoms with Gasteiger partial charge in [-0.1, -0.05) is 11.6 Å². The van der Waals surface area contributed by atoms with Crippen LogP contribution in [-0.2, 0) is 0 Å². The molecule has 1 N–H and O–H groups in total. The largest absolute Gasteiger partial charge is 0.345 e. The number of imidazole rings is 1. The summed E-state index contributed by atoms with van der Waals surface area (Å²) in [5.41, 5.74) is 0.937. The number of hydrogen-bond acceptors (Lipinski definition) is 1. The Morgan fingerprint density at radius 3 is 2.85 bits per heavy atom. The smallest absolute Gasteiger partial charge is 0.138 e. The number of aromatic nitrogens is 2. The van der Waals surface area contributed by atoms with Crippen LogP contribution in [-0.4, -0.2) is 9.97 Å². The Morgan fingerprint density at radius 1 is 1.38 bits per heavy atom. The Kier molecular flexibility index (Phi) is 2.55. The number of benzene rings is 1. The maximum Gasteiger partial charge on any atom is 0.138 e. The fraction of sp³-hybridized carbons (Fsp3) is 0. The Morgan fingerprint density at radius 2 is 2.23 bits per heavy atom. The second kappa shape index (κ2) is 3.67. The maximum absolute atomic E-state index is 6.06. The van der Waals surface area contributed by atoms with Crippen molar-refractivity contribution in [3.05, 3.63) is 39.2 Å². The van der Waals surface area contributed by atoms with E-state index in [9.17, 15) is 0 Å². The van der Waals surface area contributed by atoms with Crippen molar-refractivity contribution in [1.82, 2.24) is 9.97 Å². The van der Waals surface area contributed by atoms with Gasteiger partial charge >= 0.3 is 0 Å². The van der Waals surface area contributed by atoms with E-state index in [0.717, 1.165) is 20.0 Å². The number of nitrogens with one attached hydrogen (secondary N) is 1. The summed E-state index contributed by atoms with van der Waals surface area (Å²) in [4.78, 5) is 7.15. The van der Waals surface area contributed by atoms with E-state index in [2.05, 4.69) is 32.6 Å². The van der Waals surface area contributed by atoms with Crippen molar-refractivity contribution in [1.29, 1.82) is 0 Å². The van der Waals surface area contributed by atoms with Crippen molar-refractivity contribution in [3.8, 4) is 11.4 Å². The van der Waals surface area contributed by atoms with Crippen LogP contribution in [0.2, 0.25) is 5.02 Å². The highest BCUT2D eigenvalue weighted by atomic mass is 127. The zero-order valence-electron chi connectivity index (χ0n) is 6.59. The summed E-state index contributed by atoms with van der Waals surface area (Å²) < 4.78 is 1.12. The van der Waals surface area contributed by atoms with E-state index in [1.807, 2.05) is 18.2 Å². The van der Waals surface area contributed by atoms with Crippen molar-refractivity contribution in [2.24, 2.45) is 0 Å². The molecule has 4 heteroatoms. The highest BCUT2D eigenvalue weighted by Gasteiger charge is 2.04. The van der Waals surface area contributed by atoms with Gasteiger partial charge in [0.1, 0.15) is 5.82 Å². The molecule has 0 fully saturated rings. The quantitative estimate of drug-likeness (QED) is 0.804. The molecule has 0 aliphatic heterocycles. The number of halogens is 2. The lowest BCUT2D eigenvalue weighted by atomic mass is 10.2. The first-order valence-corrected chi connectivity index (χ1v) is 5.18. The lowest BCUT2D eigenvalue weighted by Crippen LogP contribution is -1.82. The minimum absolute atomic E-state index is 0.724. The maximum atomic E-state index is 6.06. The van der Waals surface area contributed by atoms with Crippen molar-refractivity contribution in [3.63, 3.8) is 0 Å². The summed E-state index contributed by atoms with van der Waals surface area (Å²) >= 11 is 8.28. The molecule has 0 saturated heterocycles. The second-order valence-corrected chi connectivity index (χ2v) is 4.21. The minimum Gasteiger partial charge on any atom is -0.345 e. The van der Waals surface area contributed by atoms with Gasteiger partial charge in [0.15, 0.2) is 0 Å². The molecule has 66 valence electrons. The number of rotatable bonds is 1. The first kappa shape index (κ1) is 9.02. The molecule has 2 rings (SSSR count). The van der Waals surface area contributed by atoms with E-state index in [1.165, 1.54) is 0 Å². The first-order valence-electron chi connectivity index (χ1n) is 3.72. The highest BCUT2D eigenvalue weighted by molar-refractivity contribution is 14.1. The van der Waals surface area contributed by atoms with Gasteiger partial charge in [-0.3, -0.25) is 0 Å². The normalized spacial score (nSPS) is 10.3. The second-order valence-electron chi connectivity index (χ2n) is 2.56. The van der Waals surface area contributed by atoms with E-state index < -0.39 is 0 Å². The van der Waals surface area contributed by atoms with Crippen molar-refractivity contribution >= 4 is 34.2 Å². The summed E-state index contributed by atoms with van der Waals surface area (Å²) in [6.45, 7) is 0. The van der Waals surface area contributed by atoms with Gasteiger partial charge in [0.25, 0.3) is 0 Å².